The third-order valence-electron chi connectivity index (χ3n) is 3.16. The molecule has 0 spiro atoms. The SMILES string of the molecule is C=CCCCCCC(Cc1cccnc1)NCC. The first-order valence-electron chi connectivity index (χ1n) is 7.10. The fourth-order valence-corrected chi connectivity index (χ4v) is 2.22. The molecule has 0 aliphatic carbocycles. The topological polar surface area (TPSA) is 24.9 Å². The van der Waals surface area contributed by atoms with Crippen LogP contribution >= 0.6 is 0 Å². The zero-order valence-electron chi connectivity index (χ0n) is 11.6. The average molecular weight is 246 g/mol. The first-order chi connectivity index (χ1) is 8.86. The lowest BCUT2D eigenvalue weighted by atomic mass is 10.0. The van der Waals surface area contributed by atoms with Crippen LogP contribution in [0.4, 0.5) is 0 Å². The summed E-state index contributed by atoms with van der Waals surface area (Å²) < 4.78 is 0. The zero-order valence-corrected chi connectivity index (χ0v) is 11.6. The van der Waals surface area contributed by atoms with E-state index < -0.39 is 0 Å². The van der Waals surface area contributed by atoms with E-state index in [1.165, 1.54) is 31.2 Å². The maximum absolute atomic E-state index is 4.18. The molecule has 2 heteroatoms. The largest absolute Gasteiger partial charge is 0.314 e. The summed E-state index contributed by atoms with van der Waals surface area (Å²) >= 11 is 0. The van der Waals surface area contributed by atoms with E-state index in [2.05, 4.69) is 29.9 Å². The molecule has 0 fully saturated rings. The molecule has 2 nitrogen and oxygen atoms in total. The fourth-order valence-electron chi connectivity index (χ4n) is 2.22. The first kappa shape index (κ1) is 14.9. The van der Waals surface area contributed by atoms with E-state index in [0.717, 1.165) is 19.4 Å². The average Bonchev–Trinajstić information content (AvgIpc) is 2.40. The van der Waals surface area contributed by atoms with Gasteiger partial charge >= 0.3 is 0 Å². The van der Waals surface area contributed by atoms with Crippen molar-refractivity contribution in [1.82, 2.24) is 10.3 Å². The Morgan fingerprint density at radius 3 is 2.94 bits per heavy atom. The van der Waals surface area contributed by atoms with Crippen LogP contribution in [0.25, 0.3) is 0 Å². The molecule has 1 aromatic rings. The normalized spacial score (nSPS) is 12.3. The number of rotatable bonds is 10. The van der Waals surface area contributed by atoms with E-state index in [4.69, 9.17) is 0 Å². The minimum Gasteiger partial charge on any atom is -0.314 e. The van der Waals surface area contributed by atoms with E-state index in [1.807, 2.05) is 24.5 Å². The molecule has 1 unspecified atom stereocenters. The highest BCUT2D eigenvalue weighted by molar-refractivity contribution is 5.10. The molecule has 1 heterocycles. The van der Waals surface area contributed by atoms with Crippen LogP contribution in [0.15, 0.2) is 37.2 Å². The molecule has 0 bridgehead atoms. The van der Waals surface area contributed by atoms with Crippen molar-refractivity contribution in [1.29, 1.82) is 0 Å². The maximum Gasteiger partial charge on any atom is 0.0300 e. The van der Waals surface area contributed by atoms with Crippen molar-refractivity contribution in [3.05, 3.63) is 42.7 Å². The molecule has 0 radical (unpaired) electrons. The molecule has 0 aromatic carbocycles. The Bertz CT molecular complexity index is 308. The van der Waals surface area contributed by atoms with Gasteiger partial charge in [-0.15, -0.1) is 6.58 Å². The number of aromatic nitrogens is 1. The fraction of sp³-hybridized carbons (Fsp3) is 0.562. The van der Waals surface area contributed by atoms with Gasteiger partial charge in [0.25, 0.3) is 0 Å². The summed E-state index contributed by atoms with van der Waals surface area (Å²) in [5.41, 5.74) is 1.33. The summed E-state index contributed by atoms with van der Waals surface area (Å²) in [5.74, 6) is 0. The molecule has 0 aliphatic rings. The lowest BCUT2D eigenvalue weighted by molar-refractivity contribution is 0.464. The highest BCUT2D eigenvalue weighted by Gasteiger charge is 2.07. The Kier molecular flexibility index (Phi) is 8.15. The van der Waals surface area contributed by atoms with Gasteiger partial charge in [-0.3, -0.25) is 4.98 Å². The Labute approximate surface area is 112 Å². The molecular formula is C16H26N2. The lowest BCUT2D eigenvalue weighted by Crippen LogP contribution is -2.30. The van der Waals surface area contributed by atoms with Crippen molar-refractivity contribution in [3.8, 4) is 0 Å². The van der Waals surface area contributed by atoms with Gasteiger partial charge in [0.05, 0.1) is 0 Å². The molecule has 0 saturated carbocycles. The van der Waals surface area contributed by atoms with Crippen molar-refractivity contribution in [2.24, 2.45) is 0 Å². The molecule has 0 amide bonds. The minimum atomic E-state index is 0.586. The van der Waals surface area contributed by atoms with E-state index in [9.17, 15) is 0 Å². The lowest BCUT2D eigenvalue weighted by Gasteiger charge is -2.17. The van der Waals surface area contributed by atoms with Crippen LogP contribution in [0.2, 0.25) is 0 Å². The summed E-state index contributed by atoms with van der Waals surface area (Å²) in [4.78, 5) is 4.18. The Balaban J connectivity index is 2.28. The van der Waals surface area contributed by atoms with Gasteiger partial charge in [-0.1, -0.05) is 31.9 Å². The molecule has 1 N–H and O–H groups in total. The second kappa shape index (κ2) is 9.84. The Hall–Kier alpha value is -1.15. The summed E-state index contributed by atoms with van der Waals surface area (Å²) in [6, 6.07) is 4.76. The molecule has 18 heavy (non-hydrogen) atoms. The molecular weight excluding hydrogens is 220 g/mol. The number of unbranched alkanes of at least 4 members (excludes halogenated alkanes) is 3. The standard InChI is InChI=1S/C16H26N2/c1-3-5-6-7-8-11-16(18-4-2)13-15-10-9-12-17-14-15/h3,9-10,12,14,16,18H,1,4-8,11,13H2,2H3. The molecule has 0 saturated heterocycles. The molecule has 0 aliphatic heterocycles. The van der Waals surface area contributed by atoms with Gasteiger partial charge in [-0.05, 0) is 43.9 Å². The van der Waals surface area contributed by atoms with Crippen molar-refractivity contribution in [3.63, 3.8) is 0 Å². The number of allylic oxidation sites excluding steroid dienone is 1. The predicted octanol–water partition coefficient (Wildman–Crippen LogP) is 3.74. The van der Waals surface area contributed by atoms with Crippen LogP contribution in [0.5, 0.6) is 0 Å². The molecule has 1 atom stereocenters. The van der Waals surface area contributed by atoms with Gasteiger partial charge in [0, 0.05) is 18.4 Å². The van der Waals surface area contributed by atoms with Gasteiger partial charge in [-0.25, -0.2) is 0 Å². The van der Waals surface area contributed by atoms with Gasteiger partial charge in [-0.2, -0.15) is 0 Å². The highest BCUT2D eigenvalue weighted by Crippen LogP contribution is 2.10. The second-order valence-electron chi connectivity index (χ2n) is 4.75. The predicted molar refractivity (Wildman–Crippen MR) is 78.7 cm³/mol. The number of hydrogen-bond donors (Lipinski definition) is 1. The first-order valence-corrected chi connectivity index (χ1v) is 7.10. The zero-order chi connectivity index (χ0) is 13.1. The van der Waals surface area contributed by atoms with Crippen molar-refractivity contribution in [2.75, 3.05) is 6.54 Å². The third kappa shape index (κ3) is 6.55. The Morgan fingerprint density at radius 1 is 1.39 bits per heavy atom. The minimum absolute atomic E-state index is 0.586. The second-order valence-corrected chi connectivity index (χ2v) is 4.75. The van der Waals surface area contributed by atoms with E-state index in [1.54, 1.807) is 0 Å². The summed E-state index contributed by atoms with van der Waals surface area (Å²) in [5, 5.41) is 3.57. The van der Waals surface area contributed by atoms with Crippen LogP contribution in [-0.4, -0.2) is 17.6 Å². The smallest absolute Gasteiger partial charge is 0.0300 e. The van der Waals surface area contributed by atoms with Gasteiger partial charge in [0.1, 0.15) is 0 Å². The van der Waals surface area contributed by atoms with Gasteiger partial charge < -0.3 is 5.32 Å². The van der Waals surface area contributed by atoms with E-state index >= 15 is 0 Å². The number of nitrogens with one attached hydrogen (secondary N) is 1. The van der Waals surface area contributed by atoms with E-state index in [0.29, 0.717) is 6.04 Å². The van der Waals surface area contributed by atoms with Crippen molar-refractivity contribution >= 4 is 0 Å². The van der Waals surface area contributed by atoms with Crippen LogP contribution in [0.1, 0.15) is 44.6 Å². The van der Waals surface area contributed by atoms with Crippen LogP contribution in [0.3, 0.4) is 0 Å². The summed E-state index contributed by atoms with van der Waals surface area (Å²) in [6.07, 6.45) is 13.2. The van der Waals surface area contributed by atoms with E-state index in [-0.39, 0.29) is 0 Å². The third-order valence-corrected chi connectivity index (χ3v) is 3.16. The monoisotopic (exact) mass is 246 g/mol. The molecule has 1 aromatic heterocycles. The Morgan fingerprint density at radius 2 is 2.28 bits per heavy atom. The number of hydrogen-bond acceptors (Lipinski definition) is 2. The van der Waals surface area contributed by atoms with Crippen LogP contribution < -0.4 is 5.32 Å². The highest BCUT2D eigenvalue weighted by atomic mass is 14.9. The quantitative estimate of drug-likeness (QED) is 0.502. The summed E-state index contributed by atoms with van der Waals surface area (Å²) in [7, 11) is 0. The maximum atomic E-state index is 4.18. The van der Waals surface area contributed by atoms with Gasteiger partial charge in [0.2, 0.25) is 0 Å². The van der Waals surface area contributed by atoms with Crippen LogP contribution in [-0.2, 0) is 6.42 Å². The number of likely N-dealkylation sites (N-methyl/N-ethyl adjacent to an activating group) is 1. The summed E-state index contributed by atoms with van der Waals surface area (Å²) in [6.45, 7) is 6.97. The van der Waals surface area contributed by atoms with Gasteiger partial charge in [0.15, 0.2) is 0 Å². The molecule has 1 rings (SSSR count). The number of pyridine rings is 1. The number of nitrogens with zero attached hydrogens (tertiary/aromatic N) is 1. The van der Waals surface area contributed by atoms with Crippen molar-refractivity contribution in [2.45, 2.75) is 51.5 Å². The molecule has 100 valence electrons. The van der Waals surface area contributed by atoms with Crippen LogP contribution in [0, 0.1) is 0 Å². The van der Waals surface area contributed by atoms with Crippen molar-refractivity contribution < 1.29 is 0 Å².